The summed E-state index contributed by atoms with van der Waals surface area (Å²) >= 11 is 0. The first-order chi connectivity index (χ1) is 5.52. The van der Waals surface area contributed by atoms with Gasteiger partial charge in [-0.05, 0) is 24.2 Å². The van der Waals surface area contributed by atoms with E-state index < -0.39 is 0 Å². The molecule has 0 aliphatic carbocycles. The lowest BCUT2D eigenvalue weighted by Gasteiger charge is -2.25. The number of hydrogen-bond acceptors (Lipinski definition) is 1. The maximum atomic E-state index is 4.01. The molecule has 1 heteroatoms. The average Bonchev–Trinajstić information content (AvgIpc) is 2.31. The molecule has 0 spiro atoms. The Bertz CT molecular complexity index is 152. The minimum atomic E-state index is 0.650. The minimum absolute atomic E-state index is 0.650. The molecule has 1 N–H and O–H groups in total. The fourth-order valence-corrected chi connectivity index (χ4v) is 2.12. The van der Waals surface area contributed by atoms with E-state index in [9.17, 15) is 0 Å². The summed E-state index contributed by atoms with van der Waals surface area (Å²) in [5, 5.41) is 3.49. The van der Waals surface area contributed by atoms with E-state index in [4.69, 9.17) is 0 Å². The number of allylic oxidation sites excluding steroid dienone is 1. The van der Waals surface area contributed by atoms with Gasteiger partial charge < -0.3 is 5.32 Å². The maximum Gasteiger partial charge on any atom is 0.0315 e. The predicted molar refractivity (Wildman–Crippen MR) is 53.8 cm³/mol. The van der Waals surface area contributed by atoms with Gasteiger partial charge in [0, 0.05) is 11.7 Å². The molecule has 70 valence electrons. The highest BCUT2D eigenvalue weighted by molar-refractivity contribution is 5.06. The standard InChI is InChI=1S/C11H21N/c1-7(2)10-6-9(5)12-11(10)8(3)4/h7-8,10-12H,5-6H2,1-4H3. The number of nitrogens with one attached hydrogen (secondary N) is 1. The highest BCUT2D eigenvalue weighted by atomic mass is 15.0. The van der Waals surface area contributed by atoms with Crippen molar-refractivity contribution in [2.24, 2.45) is 17.8 Å². The lowest BCUT2D eigenvalue weighted by Crippen LogP contribution is -2.33. The van der Waals surface area contributed by atoms with Crippen LogP contribution in [0.15, 0.2) is 12.3 Å². The van der Waals surface area contributed by atoms with Gasteiger partial charge in [0.2, 0.25) is 0 Å². The van der Waals surface area contributed by atoms with Gasteiger partial charge in [-0.2, -0.15) is 0 Å². The van der Waals surface area contributed by atoms with Crippen LogP contribution in [0.5, 0.6) is 0 Å². The van der Waals surface area contributed by atoms with Crippen LogP contribution < -0.4 is 5.32 Å². The average molecular weight is 167 g/mol. The minimum Gasteiger partial charge on any atom is -0.386 e. The second kappa shape index (κ2) is 3.51. The summed E-state index contributed by atoms with van der Waals surface area (Å²) in [6.07, 6.45) is 1.17. The van der Waals surface area contributed by atoms with Gasteiger partial charge in [0.05, 0.1) is 0 Å². The Labute approximate surface area is 76.2 Å². The van der Waals surface area contributed by atoms with Crippen LogP contribution in [0.3, 0.4) is 0 Å². The second-order valence-electron chi connectivity index (χ2n) is 4.63. The van der Waals surface area contributed by atoms with Crippen LogP contribution in [0.1, 0.15) is 34.1 Å². The van der Waals surface area contributed by atoms with Gasteiger partial charge in [-0.15, -0.1) is 0 Å². The van der Waals surface area contributed by atoms with Crippen LogP contribution in [0.4, 0.5) is 0 Å². The first kappa shape index (κ1) is 9.63. The third-order valence-corrected chi connectivity index (χ3v) is 2.89. The van der Waals surface area contributed by atoms with Crippen LogP contribution in [0, 0.1) is 17.8 Å². The molecule has 1 heterocycles. The third kappa shape index (κ3) is 1.82. The molecular weight excluding hydrogens is 146 g/mol. The maximum absolute atomic E-state index is 4.01. The van der Waals surface area contributed by atoms with Crippen molar-refractivity contribution in [2.45, 2.75) is 40.2 Å². The monoisotopic (exact) mass is 167 g/mol. The van der Waals surface area contributed by atoms with E-state index in [1.165, 1.54) is 12.1 Å². The molecular formula is C11H21N. The SMILES string of the molecule is C=C1CC(C(C)C)C(C(C)C)N1. The number of rotatable bonds is 2. The Morgan fingerprint density at radius 3 is 2.17 bits per heavy atom. The molecule has 12 heavy (non-hydrogen) atoms. The third-order valence-electron chi connectivity index (χ3n) is 2.89. The van der Waals surface area contributed by atoms with E-state index in [0.717, 1.165) is 17.8 Å². The van der Waals surface area contributed by atoms with E-state index >= 15 is 0 Å². The van der Waals surface area contributed by atoms with E-state index in [1.807, 2.05) is 0 Å². The van der Waals surface area contributed by atoms with E-state index in [2.05, 4.69) is 39.6 Å². The fraction of sp³-hybridized carbons (Fsp3) is 0.818. The van der Waals surface area contributed by atoms with Crippen LogP contribution >= 0.6 is 0 Å². The van der Waals surface area contributed by atoms with Crippen LogP contribution in [-0.2, 0) is 0 Å². The van der Waals surface area contributed by atoms with Gasteiger partial charge in [-0.3, -0.25) is 0 Å². The quantitative estimate of drug-likeness (QED) is 0.667. The van der Waals surface area contributed by atoms with Crippen molar-refractivity contribution < 1.29 is 0 Å². The second-order valence-corrected chi connectivity index (χ2v) is 4.63. The molecule has 0 saturated carbocycles. The zero-order valence-corrected chi connectivity index (χ0v) is 8.72. The summed E-state index contributed by atoms with van der Waals surface area (Å²) < 4.78 is 0. The predicted octanol–water partition coefficient (Wildman–Crippen LogP) is 2.79. The summed E-state index contributed by atoms with van der Waals surface area (Å²) in [6, 6.07) is 0.650. The molecule has 1 aliphatic heterocycles. The highest BCUT2D eigenvalue weighted by Gasteiger charge is 2.32. The van der Waals surface area contributed by atoms with Crippen LogP contribution in [0.2, 0.25) is 0 Å². The van der Waals surface area contributed by atoms with Gasteiger partial charge in [-0.1, -0.05) is 34.3 Å². The summed E-state index contributed by atoms with van der Waals surface area (Å²) in [6.45, 7) is 13.2. The van der Waals surface area contributed by atoms with Gasteiger partial charge in [0.1, 0.15) is 0 Å². The molecule has 2 atom stereocenters. The molecule has 0 aromatic rings. The van der Waals surface area contributed by atoms with E-state index in [0.29, 0.717) is 6.04 Å². The molecule has 0 aromatic carbocycles. The summed E-state index contributed by atoms with van der Waals surface area (Å²) in [5.74, 6) is 2.28. The summed E-state index contributed by atoms with van der Waals surface area (Å²) in [4.78, 5) is 0. The van der Waals surface area contributed by atoms with Crippen molar-refractivity contribution in [2.75, 3.05) is 0 Å². The molecule has 1 nitrogen and oxygen atoms in total. The van der Waals surface area contributed by atoms with E-state index in [1.54, 1.807) is 0 Å². The van der Waals surface area contributed by atoms with Gasteiger partial charge in [0.25, 0.3) is 0 Å². The van der Waals surface area contributed by atoms with Crippen molar-refractivity contribution in [3.63, 3.8) is 0 Å². The zero-order valence-electron chi connectivity index (χ0n) is 8.72. The molecule has 0 aromatic heterocycles. The topological polar surface area (TPSA) is 12.0 Å². The number of hydrogen-bond donors (Lipinski definition) is 1. The summed E-state index contributed by atoms with van der Waals surface area (Å²) in [5.41, 5.74) is 1.23. The molecule has 1 saturated heterocycles. The smallest absolute Gasteiger partial charge is 0.0315 e. The Kier molecular flexibility index (Phi) is 2.81. The summed E-state index contributed by atoms with van der Waals surface area (Å²) in [7, 11) is 0. The lowest BCUT2D eigenvalue weighted by molar-refractivity contribution is 0.285. The van der Waals surface area contributed by atoms with Crippen molar-refractivity contribution in [3.05, 3.63) is 12.3 Å². The Balaban J connectivity index is 2.65. The largest absolute Gasteiger partial charge is 0.386 e. The Morgan fingerprint density at radius 1 is 1.25 bits per heavy atom. The van der Waals surface area contributed by atoms with Crippen LogP contribution in [0.25, 0.3) is 0 Å². The van der Waals surface area contributed by atoms with Crippen molar-refractivity contribution >= 4 is 0 Å². The van der Waals surface area contributed by atoms with Crippen molar-refractivity contribution in [3.8, 4) is 0 Å². The molecule has 1 fully saturated rings. The van der Waals surface area contributed by atoms with Crippen LogP contribution in [-0.4, -0.2) is 6.04 Å². The molecule has 0 amide bonds. The first-order valence-corrected chi connectivity index (χ1v) is 4.96. The van der Waals surface area contributed by atoms with Crippen molar-refractivity contribution in [1.29, 1.82) is 0 Å². The molecule has 0 bridgehead atoms. The van der Waals surface area contributed by atoms with E-state index in [-0.39, 0.29) is 0 Å². The molecule has 2 unspecified atom stereocenters. The fourth-order valence-electron chi connectivity index (χ4n) is 2.12. The van der Waals surface area contributed by atoms with Gasteiger partial charge in [-0.25, -0.2) is 0 Å². The lowest BCUT2D eigenvalue weighted by atomic mass is 9.83. The molecule has 1 aliphatic rings. The Hall–Kier alpha value is -0.460. The van der Waals surface area contributed by atoms with Crippen molar-refractivity contribution in [1.82, 2.24) is 5.32 Å². The normalized spacial score (nSPS) is 30.0. The molecule has 1 rings (SSSR count). The first-order valence-electron chi connectivity index (χ1n) is 4.96. The van der Waals surface area contributed by atoms with Gasteiger partial charge in [0.15, 0.2) is 0 Å². The highest BCUT2D eigenvalue weighted by Crippen LogP contribution is 2.32. The molecule has 0 radical (unpaired) electrons. The van der Waals surface area contributed by atoms with Gasteiger partial charge >= 0.3 is 0 Å². The zero-order chi connectivity index (χ0) is 9.30. The Morgan fingerprint density at radius 2 is 1.83 bits per heavy atom.